The third-order valence-corrected chi connectivity index (χ3v) is 4.35. The van der Waals surface area contributed by atoms with Crippen molar-refractivity contribution in [3.63, 3.8) is 0 Å². The summed E-state index contributed by atoms with van der Waals surface area (Å²) in [7, 11) is 0. The molecule has 0 spiro atoms. The molecule has 1 aromatic rings. The van der Waals surface area contributed by atoms with E-state index in [1.807, 2.05) is 37.1 Å². The van der Waals surface area contributed by atoms with E-state index in [9.17, 15) is 4.79 Å². The third-order valence-electron chi connectivity index (χ3n) is 3.07. The number of halogens is 1. The van der Waals surface area contributed by atoms with Crippen LogP contribution in [0.25, 0.3) is 0 Å². The topological polar surface area (TPSA) is 41.6 Å². The van der Waals surface area contributed by atoms with Gasteiger partial charge < -0.3 is 15.0 Å². The molecule has 1 aliphatic carbocycles. The Bertz CT molecular complexity index is 480. The van der Waals surface area contributed by atoms with Crippen LogP contribution in [-0.4, -0.2) is 35.7 Å². The molecular formula is C15H23ClN2O2S. The predicted octanol–water partition coefficient (Wildman–Crippen LogP) is 3.89. The Morgan fingerprint density at radius 3 is 2.76 bits per heavy atom. The monoisotopic (exact) mass is 330 g/mol. The lowest BCUT2D eigenvalue weighted by Gasteiger charge is -2.27. The molecule has 0 radical (unpaired) electrons. The molecule has 1 fully saturated rings. The highest BCUT2D eigenvalue weighted by molar-refractivity contribution is 7.10. The molecule has 2 rings (SSSR count). The molecule has 0 aliphatic heterocycles. The number of amides is 1. The summed E-state index contributed by atoms with van der Waals surface area (Å²) in [6, 6.07) is 2.32. The highest BCUT2D eigenvalue weighted by Gasteiger charge is 2.34. The zero-order chi connectivity index (χ0) is 15.5. The van der Waals surface area contributed by atoms with Crippen LogP contribution in [0.5, 0.6) is 0 Å². The molecule has 1 aromatic heterocycles. The zero-order valence-corrected chi connectivity index (χ0v) is 14.4. The van der Waals surface area contributed by atoms with Gasteiger partial charge in [0.25, 0.3) is 0 Å². The van der Waals surface area contributed by atoms with Crippen LogP contribution in [-0.2, 0) is 11.3 Å². The lowest BCUT2D eigenvalue weighted by molar-refractivity contribution is 0.0236. The van der Waals surface area contributed by atoms with E-state index in [1.54, 1.807) is 11.3 Å². The molecular weight excluding hydrogens is 308 g/mol. The quantitative estimate of drug-likeness (QED) is 0.804. The van der Waals surface area contributed by atoms with Crippen LogP contribution >= 0.6 is 22.9 Å². The Morgan fingerprint density at radius 2 is 2.24 bits per heavy atom. The van der Waals surface area contributed by atoms with Gasteiger partial charge in [-0.05, 0) is 39.7 Å². The highest BCUT2D eigenvalue weighted by Crippen LogP contribution is 2.28. The summed E-state index contributed by atoms with van der Waals surface area (Å²) in [5, 5.41) is 6.06. The number of thiophene rings is 1. The van der Waals surface area contributed by atoms with Gasteiger partial charge in [0, 0.05) is 35.9 Å². The van der Waals surface area contributed by atoms with Gasteiger partial charge in [-0.15, -0.1) is 11.3 Å². The van der Waals surface area contributed by atoms with Crippen molar-refractivity contribution in [3.8, 4) is 0 Å². The maximum Gasteiger partial charge on any atom is 0.410 e. The third kappa shape index (κ3) is 5.85. The fraction of sp³-hybridized carbons (Fsp3) is 0.667. The first-order valence-electron chi connectivity index (χ1n) is 7.28. The molecule has 1 heterocycles. The van der Waals surface area contributed by atoms with E-state index >= 15 is 0 Å². The average molecular weight is 331 g/mol. The fourth-order valence-corrected chi connectivity index (χ4v) is 3.03. The molecule has 6 heteroatoms. The molecule has 118 valence electrons. The number of hydrogen-bond acceptors (Lipinski definition) is 4. The van der Waals surface area contributed by atoms with E-state index in [2.05, 4.69) is 5.32 Å². The Balaban J connectivity index is 1.74. The summed E-state index contributed by atoms with van der Waals surface area (Å²) in [4.78, 5) is 15.2. The normalized spacial score (nSPS) is 15.0. The lowest BCUT2D eigenvalue weighted by atomic mass is 10.2. The van der Waals surface area contributed by atoms with Gasteiger partial charge in [-0.3, -0.25) is 0 Å². The summed E-state index contributed by atoms with van der Waals surface area (Å²) in [5.41, 5.74) is -0.439. The van der Waals surface area contributed by atoms with Crippen molar-refractivity contribution in [3.05, 3.63) is 21.3 Å². The van der Waals surface area contributed by atoms with Crippen LogP contribution in [0.3, 0.4) is 0 Å². The maximum atomic E-state index is 12.2. The molecule has 1 N–H and O–H groups in total. The second-order valence-electron chi connectivity index (χ2n) is 6.31. The van der Waals surface area contributed by atoms with Gasteiger partial charge in [0.1, 0.15) is 5.60 Å². The fourth-order valence-electron chi connectivity index (χ4n) is 1.99. The summed E-state index contributed by atoms with van der Waals surface area (Å²) in [6.07, 6.45) is 1.96. The first kappa shape index (κ1) is 16.6. The van der Waals surface area contributed by atoms with Crippen molar-refractivity contribution in [2.45, 2.75) is 51.8 Å². The SMILES string of the molecule is CC(C)(C)OC(=O)N(CCNCc1cc(Cl)cs1)C1CC1. The molecule has 0 aromatic carbocycles. The average Bonchev–Trinajstić information content (AvgIpc) is 3.10. The van der Waals surface area contributed by atoms with Crippen LogP contribution in [0.15, 0.2) is 11.4 Å². The van der Waals surface area contributed by atoms with Gasteiger partial charge in [-0.2, -0.15) is 0 Å². The molecule has 0 bridgehead atoms. The van der Waals surface area contributed by atoms with Crippen LogP contribution < -0.4 is 5.32 Å². The first-order valence-corrected chi connectivity index (χ1v) is 8.54. The van der Waals surface area contributed by atoms with Gasteiger partial charge >= 0.3 is 6.09 Å². The minimum atomic E-state index is -0.439. The predicted molar refractivity (Wildman–Crippen MR) is 87.0 cm³/mol. The molecule has 0 atom stereocenters. The van der Waals surface area contributed by atoms with Crippen LogP contribution in [0, 0.1) is 0 Å². The Morgan fingerprint density at radius 1 is 1.52 bits per heavy atom. The van der Waals surface area contributed by atoms with Crippen LogP contribution in [0.2, 0.25) is 5.02 Å². The number of hydrogen-bond donors (Lipinski definition) is 1. The first-order chi connectivity index (χ1) is 9.85. The van der Waals surface area contributed by atoms with Gasteiger partial charge in [-0.1, -0.05) is 11.6 Å². The summed E-state index contributed by atoms with van der Waals surface area (Å²) < 4.78 is 5.46. The summed E-state index contributed by atoms with van der Waals surface area (Å²) in [6.45, 7) is 7.91. The van der Waals surface area contributed by atoms with Crippen molar-refractivity contribution < 1.29 is 9.53 Å². The number of carbonyl (C=O) groups excluding carboxylic acids is 1. The van der Waals surface area contributed by atoms with E-state index in [1.165, 1.54) is 4.88 Å². The smallest absolute Gasteiger partial charge is 0.410 e. The largest absolute Gasteiger partial charge is 0.444 e. The molecule has 21 heavy (non-hydrogen) atoms. The maximum absolute atomic E-state index is 12.2. The molecule has 0 unspecified atom stereocenters. The van der Waals surface area contributed by atoms with Crippen molar-refractivity contribution >= 4 is 29.0 Å². The number of rotatable bonds is 6. The standard InChI is InChI=1S/C15H23ClN2O2S/c1-15(2,3)20-14(19)18(12-4-5-12)7-6-17-9-13-8-11(16)10-21-13/h8,10,12,17H,4-7,9H2,1-3H3. The Labute approximate surface area is 135 Å². The van der Waals surface area contributed by atoms with Crippen molar-refractivity contribution in [1.29, 1.82) is 0 Å². The number of nitrogens with one attached hydrogen (secondary N) is 1. The van der Waals surface area contributed by atoms with Gasteiger partial charge in [0.05, 0.1) is 5.02 Å². The minimum Gasteiger partial charge on any atom is -0.444 e. The lowest BCUT2D eigenvalue weighted by Crippen LogP contribution is -2.41. The molecule has 1 aliphatic rings. The second-order valence-corrected chi connectivity index (χ2v) is 7.75. The molecule has 1 amide bonds. The molecule has 0 saturated heterocycles. The van der Waals surface area contributed by atoms with E-state index in [0.29, 0.717) is 12.6 Å². The van der Waals surface area contributed by atoms with E-state index < -0.39 is 5.60 Å². The van der Waals surface area contributed by atoms with Gasteiger partial charge in [0.2, 0.25) is 0 Å². The summed E-state index contributed by atoms with van der Waals surface area (Å²) in [5.74, 6) is 0. The zero-order valence-electron chi connectivity index (χ0n) is 12.8. The van der Waals surface area contributed by atoms with Crippen LogP contribution in [0.1, 0.15) is 38.5 Å². The Kier molecular flexibility index (Phi) is 5.52. The van der Waals surface area contributed by atoms with Crippen molar-refractivity contribution in [2.75, 3.05) is 13.1 Å². The minimum absolute atomic E-state index is 0.203. The van der Waals surface area contributed by atoms with E-state index in [-0.39, 0.29) is 6.09 Å². The number of nitrogens with zero attached hydrogens (tertiary/aromatic N) is 1. The molecule has 4 nitrogen and oxygen atoms in total. The van der Waals surface area contributed by atoms with Crippen LogP contribution in [0.4, 0.5) is 4.79 Å². The van der Waals surface area contributed by atoms with Crippen molar-refractivity contribution in [2.24, 2.45) is 0 Å². The number of carbonyl (C=O) groups is 1. The van der Waals surface area contributed by atoms with Crippen molar-refractivity contribution in [1.82, 2.24) is 10.2 Å². The second kappa shape index (κ2) is 6.99. The van der Waals surface area contributed by atoms with Gasteiger partial charge in [0.15, 0.2) is 0 Å². The van der Waals surface area contributed by atoms with E-state index in [0.717, 1.165) is 31.0 Å². The van der Waals surface area contributed by atoms with Gasteiger partial charge in [-0.25, -0.2) is 4.79 Å². The summed E-state index contributed by atoms with van der Waals surface area (Å²) >= 11 is 7.53. The number of ether oxygens (including phenoxy) is 1. The highest BCUT2D eigenvalue weighted by atomic mass is 35.5. The van der Waals surface area contributed by atoms with E-state index in [4.69, 9.17) is 16.3 Å². The molecule has 1 saturated carbocycles. The Hall–Kier alpha value is -0.780.